The van der Waals surface area contributed by atoms with Gasteiger partial charge in [0.1, 0.15) is 5.76 Å². The van der Waals surface area contributed by atoms with Crippen molar-refractivity contribution in [2.45, 2.75) is 44.3 Å². The normalized spacial score (nSPS) is 13.6. The Morgan fingerprint density at radius 3 is 2.62 bits per heavy atom. The SMILES string of the molecule is CCCOC(=O)c1ccc(NC(=O)CSc2nnc(N3CCCCC3)n2Cc2ccco2)cc1. The van der Waals surface area contributed by atoms with Gasteiger partial charge in [-0.2, -0.15) is 0 Å². The summed E-state index contributed by atoms with van der Waals surface area (Å²) in [6.07, 6.45) is 5.91. The van der Waals surface area contributed by atoms with E-state index in [1.807, 2.05) is 23.6 Å². The zero-order valence-electron chi connectivity index (χ0n) is 19.2. The predicted octanol–water partition coefficient (Wildman–Crippen LogP) is 4.21. The topological polar surface area (TPSA) is 102 Å². The number of nitrogens with one attached hydrogen (secondary N) is 1. The Bertz CT molecular complexity index is 1080. The van der Waals surface area contributed by atoms with Crippen molar-refractivity contribution < 1.29 is 18.7 Å². The predicted molar refractivity (Wildman–Crippen MR) is 130 cm³/mol. The summed E-state index contributed by atoms with van der Waals surface area (Å²) >= 11 is 1.33. The molecule has 4 rings (SSSR count). The lowest BCUT2D eigenvalue weighted by Gasteiger charge is -2.27. The van der Waals surface area contributed by atoms with Crippen molar-refractivity contribution in [3.05, 3.63) is 54.0 Å². The second kappa shape index (κ2) is 11.7. The molecule has 1 aliphatic heterocycles. The van der Waals surface area contributed by atoms with Crippen LogP contribution in [0.1, 0.15) is 48.7 Å². The molecular weight excluding hydrogens is 454 g/mol. The summed E-state index contributed by atoms with van der Waals surface area (Å²) in [5.41, 5.74) is 1.07. The van der Waals surface area contributed by atoms with Crippen LogP contribution in [-0.2, 0) is 16.1 Å². The maximum absolute atomic E-state index is 12.6. The highest BCUT2D eigenvalue weighted by molar-refractivity contribution is 7.99. The lowest BCUT2D eigenvalue weighted by Crippen LogP contribution is -2.32. The van der Waals surface area contributed by atoms with Gasteiger partial charge in [-0.3, -0.25) is 9.36 Å². The smallest absolute Gasteiger partial charge is 0.338 e. The van der Waals surface area contributed by atoms with Crippen molar-refractivity contribution in [2.75, 3.05) is 35.7 Å². The number of esters is 1. The molecule has 1 fully saturated rings. The number of carbonyl (C=O) groups is 2. The fourth-order valence-electron chi connectivity index (χ4n) is 3.71. The molecule has 0 bridgehead atoms. The third-order valence-electron chi connectivity index (χ3n) is 5.40. The average Bonchev–Trinajstić information content (AvgIpc) is 3.52. The lowest BCUT2D eigenvalue weighted by atomic mass is 10.1. The Balaban J connectivity index is 1.38. The van der Waals surface area contributed by atoms with Crippen molar-refractivity contribution in [1.29, 1.82) is 0 Å². The molecule has 2 aromatic heterocycles. The highest BCUT2D eigenvalue weighted by Crippen LogP contribution is 2.26. The van der Waals surface area contributed by atoms with Crippen LogP contribution in [0.2, 0.25) is 0 Å². The minimum Gasteiger partial charge on any atom is -0.467 e. The highest BCUT2D eigenvalue weighted by atomic mass is 32.2. The summed E-state index contributed by atoms with van der Waals surface area (Å²) in [5.74, 6) is 1.26. The van der Waals surface area contributed by atoms with Gasteiger partial charge in [0.25, 0.3) is 0 Å². The number of anilines is 2. The van der Waals surface area contributed by atoms with Gasteiger partial charge in [-0.15, -0.1) is 10.2 Å². The minimum atomic E-state index is -0.365. The number of hydrogen-bond donors (Lipinski definition) is 1. The first-order valence-electron chi connectivity index (χ1n) is 11.5. The summed E-state index contributed by atoms with van der Waals surface area (Å²) < 4.78 is 12.7. The van der Waals surface area contributed by atoms with Crippen LogP contribution in [0.3, 0.4) is 0 Å². The van der Waals surface area contributed by atoms with Gasteiger partial charge < -0.3 is 19.4 Å². The van der Waals surface area contributed by atoms with Gasteiger partial charge in [0.05, 0.1) is 30.7 Å². The van der Waals surface area contributed by atoms with Gasteiger partial charge in [-0.05, 0) is 62.1 Å². The molecule has 10 heteroatoms. The van der Waals surface area contributed by atoms with Crippen LogP contribution in [0.25, 0.3) is 0 Å². The zero-order valence-corrected chi connectivity index (χ0v) is 20.1. The molecule has 0 aliphatic carbocycles. The van der Waals surface area contributed by atoms with E-state index in [1.165, 1.54) is 18.2 Å². The Labute approximate surface area is 202 Å². The molecule has 1 aromatic carbocycles. The maximum Gasteiger partial charge on any atom is 0.338 e. The molecule has 0 unspecified atom stereocenters. The Hall–Kier alpha value is -3.27. The number of piperidine rings is 1. The Kier molecular flexibility index (Phi) is 8.24. The molecule has 0 saturated carbocycles. The van der Waals surface area contributed by atoms with E-state index >= 15 is 0 Å². The Morgan fingerprint density at radius 2 is 1.91 bits per heavy atom. The van der Waals surface area contributed by atoms with E-state index in [0.717, 1.165) is 44.1 Å². The van der Waals surface area contributed by atoms with E-state index < -0.39 is 0 Å². The van der Waals surface area contributed by atoms with Crippen LogP contribution in [-0.4, -0.2) is 52.1 Å². The summed E-state index contributed by atoms with van der Waals surface area (Å²) in [5, 5.41) is 12.3. The second-order valence-corrected chi connectivity index (χ2v) is 8.99. The largest absolute Gasteiger partial charge is 0.467 e. The van der Waals surface area contributed by atoms with E-state index in [0.29, 0.717) is 29.6 Å². The van der Waals surface area contributed by atoms with Crippen molar-refractivity contribution in [1.82, 2.24) is 14.8 Å². The molecule has 34 heavy (non-hydrogen) atoms. The van der Waals surface area contributed by atoms with E-state index in [4.69, 9.17) is 9.15 Å². The third-order valence-corrected chi connectivity index (χ3v) is 6.37. The number of carbonyl (C=O) groups excluding carboxylic acids is 2. The molecule has 1 amide bonds. The molecule has 0 radical (unpaired) electrons. The molecule has 1 saturated heterocycles. The van der Waals surface area contributed by atoms with Crippen molar-refractivity contribution >= 4 is 35.3 Å². The standard InChI is InChI=1S/C24H29N5O4S/c1-2-14-33-22(31)18-8-10-19(11-9-18)25-21(30)17-34-24-27-26-23(28-12-4-3-5-13-28)29(24)16-20-7-6-15-32-20/h6-11,15H,2-5,12-14,16-17H2,1H3,(H,25,30). The Morgan fingerprint density at radius 1 is 1.12 bits per heavy atom. The molecule has 1 aliphatic rings. The number of nitrogens with zero attached hydrogens (tertiary/aromatic N) is 4. The lowest BCUT2D eigenvalue weighted by molar-refractivity contribution is -0.113. The van der Waals surface area contributed by atoms with Crippen molar-refractivity contribution in [3.8, 4) is 0 Å². The molecule has 1 N–H and O–H groups in total. The number of hydrogen-bond acceptors (Lipinski definition) is 8. The van der Waals surface area contributed by atoms with E-state index in [1.54, 1.807) is 30.5 Å². The number of benzene rings is 1. The van der Waals surface area contributed by atoms with Crippen molar-refractivity contribution in [2.24, 2.45) is 0 Å². The van der Waals surface area contributed by atoms with Gasteiger partial charge in [-0.1, -0.05) is 18.7 Å². The van der Waals surface area contributed by atoms with Crippen LogP contribution in [0, 0.1) is 0 Å². The summed E-state index contributed by atoms with van der Waals surface area (Å²) in [6, 6.07) is 10.5. The van der Waals surface area contributed by atoms with Crippen LogP contribution >= 0.6 is 11.8 Å². The van der Waals surface area contributed by atoms with Gasteiger partial charge in [-0.25, -0.2) is 4.79 Å². The molecule has 3 aromatic rings. The van der Waals surface area contributed by atoms with Gasteiger partial charge in [0.2, 0.25) is 11.9 Å². The molecule has 3 heterocycles. The van der Waals surface area contributed by atoms with Crippen molar-refractivity contribution in [3.63, 3.8) is 0 Å². The average molecular weight is 484 g/mol. The first-order valence-corrected chi connectivity index (χ1v) is 12.5. The first-order chi connectivity index (χ1) is 16.6. The molecule has 9 nitrogen and oxygen atoms in total. The summed E-state index contributed by atoms with van der Waals surface area (Å²) in [7, 11) is 0. The minimum absolute atomic E-state index is 0.168. The molecule has 0 atom stereocenters. The maximum atomic E-state index is 12.6. The van der Waals surface area contributed by atoms with Gasteiger partial charge >= 0.3 is 5.97 Å². The fraction of sp³-hybridized carbons (Fsp3) is 0.417. The quantitative estimate of drug-likeness (QED) is 0.338. The summed E-state index contributed by atoms with van der Waals surface area (Å²) in [4.78, 5) is 26.7. The number of rotatable bonds is 10. The number of ether oxygens (including phenoxy) is 1. The highest BCUT2D eigenvalue weighted by Gasteiger charge is 2.22. The van der Waals surface area contributed by atoms with E-state index in [9.17, 15) is 9.59 Å². The molecule has 180 valence electrons. The summed E-state index contributed by atoms with van der Waals surface area (Å²) in [6.45, 7) is 4.73. The van der Waals surface area contributed by atoms with E-state index in [2.05, 4.69) is 20.4 Å². The van der Waals surface area contributed by atoms with Crippen LogP contribution in [0.4, 0.5) is 11.6 Å². The number of aromatic nitrogens is 3. The zero-order chi connectivity index (χ0) is 23.8. The first kappa shape index (κ1) is 23.9. The monoisotopic (exact) mass is 483 g/mol. The third kappa shape index (κ3) is 6.19. The van der Waals surface area contributed by atoms with Crippen LogP contribution < -0.4 is 10.2 Å². The molecule has 0 spiro atoms. The van der Waals surface area contributed by atoms with Gasteiger partial charge in [0, 0.05) is 18.8 Å². The van der Waals surface area contributed by atoms with Gasteiger partial charge in [0.15, 0.2) is 5.16 Å². The number of amides is 1. The second-order valence-electron chi connectivity index (χ2n) is 8.05. The number of thioether (sulfide) groups is 1. The molecular formula is C24H29N5O4S. The van der Waals surface area contributed by atoms with Crippen LogP contribution in [0.15, 0.2) is 52.2 Å². The van der Waals surface area contributed by atoms with E-state index in [-0.39, 0.29) is 17.6 Å². The number of furan rings is 1. The van der Waals surface area contributed by atoms with Crippen LogP contribution in [0.5, 0.6) is 0 Å². The fourth-order valence-corrected chi connectivity index (χ4v) is 4.44.